The monoisotopic (exact) mass is 129 g/mol. The van der Waals surface area contributed by atoms with E-state index in [0.29, 0.717) is 0 Å². The van der Waals surface area contributed by atoms with Gasteiger partial charge in [0.15, 0.2) is 5.78 Å². The Labute approximate surface area is 53.2 Å². The molecule has 0 heterocycles. The normalized spacial score (nSPS) is 12.7. The molecule has 1 unspecified atom stereocenters. The molecule has 0 aromatic rings. The van der Waals surface area contributed by atoms with E-state index in [4.69, 9.17) is 11.5 Å². The molecule has 1 radical (unpaired) electrons. The molecule has 0 fully saturated rings. The van der Waals surface area contributed by atoms with E-state index in [1.165, 1.54) is 6.29 Å². The van der Waals surface area contributed by atoms with Gasteiger partial charge in [-0.15, -0.1) is 0 Å². The lowest BCUT2D eigenvalue weighted by Gasteiger charge is -1.99. The van der Waals surface area contributed by atoms with Crippen LogP contribution in [0.1, 0.15) is 0 Å². The topological polar surface area (TPSA) is 86.2 Å². The van der Waals surface area contributed by atoms with Crippen LogP contribution in [0, 0.1) is 5.92 Å². The van der Waals surface area contributed by atoms with E-state index in [1.807, 2.05) is 0 Å². The highest BCUT2D eigenvalue weighted by atomic mass is 16.1. The maximum absolute atomic E-state index is 10.5. The second-order valence-electron chi connectivity index (χ2n) is 1.58. The molecule has 0 aromatic heterocycles. The van der Waals surface area contributed by atoms with Gasteiger partial charge in [-0.25, -0.2) is 0 Å². The lowest BCUT2D eigenvalue weighted by Crippen LogP contribution is -2.30. The van der Waals surface area contributed by atoms with Crippen LogP contribution in [0.5, 0.6) is 0 Å². The lowest BCUT2D eigenvalue weighted by atomic mass is 10.1. The van der Waals surface area contributed by atoms with Crippen LogP contribution in [-0.2, 0) is 9.59 Å². The fourth-order valence-corrected chi connectivity index (χ4v) is 0.388. The van der Waals surface area contributed by atoms with Crippen LogP contribution in [0.15, 0.2) is 0 Å². The van der Waals surface area contributed by atoms with Crippen molar-refractivity contribution in [1.29, 1.82) is 0 Å². The molecule has 0 bridgehead atoms. The van der Waals surface area contributed by atoms with E-state index in [2.05, 4.69) is 0 Å². The molecule has 0 aliphatic carbocycles. The summed E-state index contributed by atoms with van der Waals surface area (Å²) in [7, 11) is 0. The SMILES string of the molecule is NCC(=O)C([C]=O)CN. The zero-order chi connectivity index (χ0) is 7.28. The Balaban J connectivity index is 3.78. The predicted octanol–water partition coefficient (Wildman–Crippen LogP) is -1.80. The summed E-state index contributed by atoms with van der Waals surface area (Å²) < 4.78 is 0. The number of carbonyl (C=O) groups is 1. The fourth-order valence-electron chi connectivity index (χ4n) is 0.388. The van der Waals surface area contributed by atoms with Crippen molar-refractivity contribution in [2.24, 2.45) is 17.4 Å². The Kier molecular flexibility index (Phi) is 3.83. The molecule has 4 N–H and O–H groups in total. The Morgan fingerprint density at radius 3 is 2.22 bits per heavy atom. The number of ketones is 1. The predicted molar refractivity (Wildman–Crippen MR) is 32.3 cm³/mol. The van der Waals surface area contributed by atoms with Crippen LogP contribution in [0.25, 0.3) is 0 Å². The molecule has 4 heteroatoms. The number of nitrogens with two attached hydrogens (primary N) is 2. The third-order valence-electron chi connectivity index (χ3n) is 0.968. The van der Waals surface area contributed by atoms with Crippen molar-refractivity contribution < 1.29 is 9.59 Å². The van der Waals surface area contributed by atoms with E-state index >= 15 is 0 Å². The molecule has 0 saturated heterocycles. The molecule has 0 spiro atoms. The highest BCUT2D eigenvalue weighted by Gasteiger charge is 2.13. The fraction of sp³-hybridized carbons (Fsp3) is 0.600. The average molecular weight is 129 g/mol. The van der Waals surface area contributed by atoms with Crippen molar-refractivity contribution >= 4 is 12.1 Å². The van der Waals surface area contributed by atoms with E-state index in [9.17, 15) is 9.59 Å². The number of rotatable bonds is 4. The Bertz CT molecular complexity index is 114. The van der Waals surface area contributed by atoms with Crippen LogP contribution in [0.4, 0.5) is 0 Å². The van der Waals surface area contributed by atoms with Crippen molar-refractivity contribution in [3.8, 4) is 0 Å². The molecule has 51 valence electrons. The van der Waals surface area contributed by atoms with Crippen LogP contribution >= 0.6 is 0 Å². The molecule has 0 aromatic carbocycles. The lowest BCUT2D eigenvalue weighted by molar-refractivity contribution is -0.119. The third kappa shape index (κ3) is 2.34. The van der Waals surface area contributed by atoms with Crippen molar-refractivity contribution in [2.45, 2.75) is 0 Å². The first-order chi connectivity index (χ1) is 4.26. The summed E-state index contributed by atoms with van der Waals surface area (Å²) in [6.45, 7) is -0.142. The summed E-state index contributed by atoms with van der Waals surface area (Å²) >= 11 is 0. The van der Waals surface area contributed by atoms with E-state index < -0.39 is 5.92 Å². The summed E-state index contributed by atoms with van der Waals surface area (Å²) in [6.07, 6.45) is 1.50. The first kappa shape index (κ1) is 8.26. The van der Waals surface area contributed by atoms with Crippen LogP contribution in [0.3, 0.4) is 0 Å². The van der Waals surface area contributed by atoms with Crippen LogP contribution < -0.4 is 11.5 Å². The number of carbonyl (C=O) groups excluding carboxylic acids is 2. The van der Waals surface area contributed by atoms with Crippen molar-refractivity contribution in [3.05, 3.63) is 0 Å². The van der Waals surface area contributed by atoms with E-state index in [-0.39, 0.29) is 18.9 Å². The van der Waals surface area contributed by atoms with Gasteiger partial charge in [0.2, 0.25) is 6.29 Å². The summed E-state index contributed by atoms with van der Waals surface area (Å²) in [5.41, 5.74) is 9.96. The van der Waals surface area contributed by atoms with Gasteiger partial charge >= 0.3 is 0 Å². The summed E-state index contributed by atoms with van der Waals surface area (Å²) in [5, 5.41) is 0. The second kappa shape index (κ2) is 4.17. The summed E-state index contributed by atoms with van der Waals surface area (Å²) in [4.78, 5) is 20.4. The Morgan fingerprint density at radius 1 is 1.56 bits per heavy atom. The number of hydrogen-bond acceptors (Lipinski definition) is 4. The van der Waals surface area contributed by atoms with Gasteiger partial charge < -0.3 is 11.5 Å². The van der Waals surface area contributed by atoms with Gasteiger partial charge in [0.05, 0.1) is 12.5 Å². The number of Topliss-reactive ketones (excluding diaryl/α,β-unsaturated/α-hetero) is 1. The molecule has 9 heavy (non-hydrogen) atoms. The van der Waals surface area contributed by atoms with Gasteiger partial charge in [-0.3, -0.25) is 9.59 Å². The van der Waals surface area contributed by atoms with Crippen LogP contribution in [0.2, 0.25) is 0 Å². The molecule has 1 atom stereocenters. The zero-order valence-corrected chi connectivity index (χ0v) is 4.96. The number of hydrogen-bond donors (Lipinski definition) is 2. The van der Waals surface area contributed by atoms with Gasteiger partial charge in [-0.2, -0.15) is 0 Å². The first-order valence-electron chi connectivity index (χ1n) is 2.56. The standard InChI is InChI=1S/C5H9N2O2/c6-1-4(3-8)5(9)2-7/h4H,1-2,6-7H2. The highest BCUT2D eigenvalue weighted by molar-refractivity contribution is 5.94. The molecular formula is C5H9N2O2. The molecule has 4 nitrogen and oxygen atoms in total. The van der Waals surface area contributed by atoms with E-state index in [0.717, 1.165) is 0 Å². The largest absolute Gasteiger partial charge is 0.329 e. The smallest absolute Gasteiger partial charge is 0.210 e. The van der Waals surface area contributed by atoms with Gasteiger partial charge in [-0.1, -0.05) is 0 Å². The van der Waals surface area contributed by atoms with Gasteiger partial charge in [0.1, 0.15) is 0 Å². The van der Waals surface area contributed by atoms with Gasteiger partial charge in [0, 0.05) is 6.54 Å². The minimum atomic E-state index is -0.824. The van der Waals surface area contributed by atoms with Crippen molar-refractivity contribution in [1.82, 2.24) is 0 Å². The zero-order valence-electron chi connectivity index (χ0n) is 4.96. The molecule has 0 aliphatic heterocycles. The van der Waals surface area contributed by atoms with Gasteiger partial charge in [0.25, 0.3) is 0 Å². The Hall–Kier alpha value is -0.740. The van der Waals surface area contributed by atoms with Gasteiger partial charge in [-0.05, 0) is 0 Å². The van der Waals surface area contributed by atoms with Crippen molar-refractivity contribution in [2.75, 3.05) is 13.1 Å². The maximum atomic E-state index is 10.5. The summed E-state index contributed by atoms with van der Waals surface area (Å²) in [5.74, 6) is -1.18. The van der Waals surface area contributed by atoms with Crippen LogP contribution in [-0.4, -0.2) is 25.2 Å². The minimum absolute atomic E-state index is 0.000463. The van der Waals surface area contributed by atoms with Crippen molar-refractivity contribution in [3.63, 3.8) is 0 Å². The highest BCUT2D eigenvalue weighted by Crippen LogP contribution is 1.87. The first-order valence-corrected chi connectivity index (χ1v) is 2.56. The minimum Gasteiger partial charge on any atom is -0.329 e. The Morgan fingerprint density at radius 2 is 2.11 bits per heavy atom. The molecule has 0 amide bonds. The van der Waals surface area contributed by atoms with E-state index in [1.54, 1.807) is 0 Å². The molecule has 0 aliphatic rings. The quantitative estimate of drug-likeness (QED) is 0.438. The molecular weight excluding hydrogens is 120 g/mol. The maximum Gasteiger partial charge on any atom is 0.210 e. The third-order valence-corrected chi connectivity index (χ3v) is 0.968. The molecule has 0 rings (SSSR count). The second-order valence-corrected chi connectivity index (χ2v) is 1.58. The summed E-state index contributed by atoms with van der Waals surface area (Å²) in [6, 6.07) is 0. The molecule has 0 saturated carbocycles. The average Bonchev–Trinajstić information content (AvgIpc) is 1.90.